The maximum Gasteiger partial charge on any atom is 0.271 e. The van der Waals surface area contributed by atoms with Crippen LogP contribution in [0.1, 0.15) is 23.7 Å². The Morgan fingerprint density at radius 2 is 1.86 bits per heavy atom. The van der Waals surface area contributed by atoms with Crippen molar-refractivity contribution in [3.63, 3.8) is 0 Å². The first kappa shape index (κ1) is 11.2. The zero-order chi connectivity index (χ0) is 10.6. The Kier molecular flexibility index (Phi) is 3.66. The van der Waals surface area contributed by atoms with Gasteiger partial charge >= 0.3 is 0 Å². The maximum absolute atomic E-state index is 11.0. The molecule has 0 fully saturated rings. The zero-order valence-corrected chi connectivity index (χ0v) is 8.57. The Bertz CT molecular complexity index is 370. The van der Waals surface area contributed by atoms with Crippen LogP contribution in [0.4, 0.5) is 0 Å². The Morgan fingerprint density at radius 3 is 2.29 bits per heavy atom. The lowest BCUT2D eigenvalue weighted by Crippen LogP contribution is -2.11. The van der Waals surface area contributed by atoms with E-state index in [2.05, 4.69) is 6.92 Å². The number of hydrogen-bond donors (Lipinski definition) is 1. The fourth-order valence-corrected chi connectivity index (χ4v) is 2.31. The van der Waals surface area contributed by atoms with E-state index in [0.29, 0.717) is 18.4 Å². The van der Waals surface area contributed by atoms with Crippen LogP contribution >= 0.6 is 0 Å². The lowest BCUT2D eigenvalue weighted by Gasteiger charge is -2.12. The van der Waals surface area contributed by atoms with Gasteiger partial charge in [0, 0.05) is 0 Å². The summed E-state index contributed by atoms with van der Waals surface area (Å²) in [6.45, 7) is 3.59. The molecule has 0 aromatic heterocycles. The molecule has 1 unspecified atom stereocenters. The van der Waals surface area contributed by atoms with Gasteiger partial charge in [0.2, 0.25) is 0 Å². The predicted molar refractivity (Wildman–Crippen MR) is 55.3 cm³/mol. The topological polar surface area (TPSA) is 54.4 Å². The molecule has 4 heteroatoms. The lowest BCUT2D eigenvalue weighted by molar-refractivity contribution is 0.464. The van der Waals surface area contributed by atoms with Crippen LogP contribution in [-0.4, -0.2) is 13.0 Å². The molecule has 0 heterocycles. The molecule has 14 heavy (non-hydrogen) atoms. The average molecular weight is 213 g/mol. The van der Waals surface area contributed by atoms with Gasteiger partial charge in [-0.2, -0.15) is 8.42 Å². The highest BCUT2D eigenvalue weighted by Crippen LogP contribution is 2.25. The smallest absolute Gasteiger partial charge is 0.271 e. The van der Waals surface area contributed by atoms with Gasteiger partial charge in [-0.15, -0.1) is 0 Å². The van der Waals surface area contributed by atoms with E-state index in [1.807, 2.05) is 0 Å². The van der Waals surface area contributed by atoms with Crippen LogP contribution in [-0.2, 0) is 10.1 Å². The molecule has 0 spiro atoms. The highest BCUT2D eigenvalue weighted by atomic mass is 32.2. The molecule has 0 saturated carbocycles. The third-order valence-corrected chi connectivity index (χ3v) is 3.22. The van der Waals surface area contributed by atoms with E-state index in [4.69, 9.17) is 4.55 Å². The fourth-order valence-electron chi connectivity index (χ4n) is 1.34. The first-order valence-electron chi connectivity index (χ1n) is 4.36. The van der Waals surface area contributed by atoms with Crippen LogP contribution in [0, 0.1) is 6.92 Å². The number of hydrogen-bond acceptors (Lipinski definition) is 2. The van der Waals surface area contributed by atoms with E-state index < -0.39 is 15.4 Å². The lowest BCUT2D eigenvalue weighted by atomic mass is 10.1. The highest BCUT2D eigenvalue weighted by Gasteiger charge is 2.23. The van der Waals surface area contributed by atoms with E-state index in [1.54, 1.807) is 30.3 Å². The van der Waals surface area contributed by atoms with Crippen LogP contribution in [0.2, 0.25) is 0 Å². The molecule has 3 nitrogen and oxygen atoms in total. The van der Waals surface area contributed by atoms with Gasteiger partial charge in [0.05, 0.1) is 0 Å². The Balaban J connectivity index is 3.02. The second kappa shape index (κ2) is 4.57. The van der Waals surface area contributed by atoms with E-state index in [-0.39, 0.29) is 0 Å². The molecule has 1 aromatic rings. The van der Waals surface area contributed by atoms with Gasteiger partial charge < -0.3 is 0 Å². The first-order chi connectivity index (χ1) is 6.55. The zero-order valence-electron chi connectivity index (χ0n) is 7.76. The minimum absolute atomic E-state index is 0.336. The van der Waals surface area contributed by atoms with Crippen molar-refractivity contribution in [2.24, 2.45) is 0 Å². The molecule has 0 aliphatic carbocycles. The molecule has 77 valence electrons. The molecule has 0 aliphatic rings. The largest absolute Gasteiger partial charge is 0.285 e. The predicted octanol–water partition coefficient (Wildman–Crippen LogP) is 2.23. The minimum Gasteiger partial charge on any atom is -0.285 e. The summed E-state index contributed by atoms with van der Waals surface area (Å²) in [7, 11) is -4.02. The van der Waals surface area contributed by atoms with Crippen molar-refractivity contribution in [3.8, 4) is 0 Å². The summed E-state index contributed by atoms with van der Waals surface area (Å²) in [4.78, 5) is 0. The molecule has 0 bridgehead atoms. The molecular weight excluding hydrogens is 200 g/mol. The second-order valence-corrected chi connectivity index (χ2v) is 4.66. The van der Waals surface area contributed by atoms with E-state index in [1.165, 1.54) is 0 Å². The molecule has 0 amide bonds. The molecule has 1 rings (SSSR count). The van der Waals surface area contributed by atoms with Crippen LogP contribution < -0.4 is 0 Å². The van der Waals surface area contributed by atoms with Crippen molar-refractivity contribution in [2.75, 3.05) is 0 Å². The Morgan fingerprint density at radius 1 is 1.29 bits per heavy atom. The summed E-state index contributed by atoms with van der Waals surface area (Å²) in [6, 6.07) is 8.67. The van der Waals surface area contributed by atoms with Gasteiger partial charge in [0.1, 0.15) is 5.25 Å². The van der Waals surface area contributed by atoms with Gasteiger partial charge in [-0.25, -0.2) is 0 Å². The molecule has 1 radical (unpaired) electrons. The van der Waals surface area contributed by atoms with Crippen molar-refractivity contribution in [1.29, 1.82) is 0 Å². The van der Waals surface area contributed by atoms with Gasteiger partial charge in [-0.05, 0) is 12.0 Å². The molecule has 0 aliphatic heterocycles. The summed E-state index contributed by atoms with van der Waals surface area (Å²) in [5, 5.41) is -0.846. The number of rotatable bonds is 4. The standard InChI is InChI=1S/C10H13O3S/c1-2-6-10(14(11,12)13)9-7-4-3-5-8-9/h3-5,7-8,10H,1-2,6H2,(H,11,12,13). The SMILES string of the molecule is [CH2]CCC(c1ccccc1)S(=O)(=O)O. The Labute approximate surface area is 84.5 Å². The minimum atomic E-state index is -4.02. The molecule has 0 saturated heterocycles. The monoisotopic (exact) mass is 213 g/mol. The van der Waals surface area contributed by atoms with Crippen LogP contribution in [0.15, 0.2) is 30.3 Å². The van der Waals surface area contributed by atoms with Crippen LogP contribution in [0.25, 0.3) is 0 Å². The molecule has 1 atom stereocenters. The van der Waals surface area contributed by atoms with Gasteiger partial charge in [0.15, 0.2) is 0 Å². The summed E-state index contributed by atoms with van der Waals surface area (Å²) < 4.78 is 31.1. The summed E-state index contributed by atoms with van der Waals surface area (Å²) >= 11 is 0. The van der Waals surface area contributed by atoms with E-state index in [9.17, 15) is 8.42 Å². The van der Waals surface area contributed by atoms with Crippen molar-refractivity contribution in [3.05, 3.63) is 42.8 Å². The summed E-state index contributed by atoms with van der Waals surface area (Å²) in [5.74, 6) is 0. The third-order valence-electron chi connectivity index (χ3n) is 2.00. The summed E-state index contributed by atoms with van der Waals surface area (Å²) in [5.41, 5.74) is 0.610. The van der Waals surface area contributed by atoms with Gasteiger partial charge in [-0.3, -0.25) is 4.55 Å². The number of benzene rings is 1. The maximum atomic E-state index is 11.0. The van der Waals surface area contributed by atoms with Gasteiger partial charge in [0.25, 0.3) is 10.1 Å². The van der Waals surface area contributed by atoms with E-state index >= 15 is 0 Å². The molecule has 1 aromatic carbocycles. The average Bonchev–Trinajstić information content (AvgIpc) is 2.14. The molecular formula is C10H13O3S. The molecule has 1 N–H and O–H groups in total. The normalized spacial score (nSPS) is 13.9. The van der Waals surface area contributed by atoms with E-state index in [0.717, 1.165) is 0 Å². The first-order valence-corrected chi connectivity index (χ1v) is 5.86. The van der Waals surface area contributed by atoms with Gasteiger partial charge in [-0.1, -0.05) is 43.7 Å². The second-order valence-electron chi connectivity index (χ2n) is 3.06. The quantitative estimate of drug-likeness (QED) is 0.780. The van der Waals surface area contributed by atoms with Crippen molar-refractivity contribution in [1.82, 2.24) is 0 Å². The fraction of sp³-hybridized carbons (Fsp3) is 0.300. The third kappa shape index (κ3) is 2.82. The van der Waals surface area contributed by atoms with Crippen molar-refractivity contribution >= 4 is 10.1 Å². The van der Waals surface area contributed by atoms with Crippen molar-refractivity contribution < 1.29 is 13.0 Å². The van der Waals surface area contributed by atoms with Crippen LogP contribution in [0.3, 0.4) is 0 Å². The highest BCUT2D eigenvalue weighted by molar-refractivity contribution is 7.86. The van der Waals surface area contributed by atoms with Crippen LogP contribution in [0.5, 0.6) is 0 Å². The Hall–Kier alpha value is -0.870. The summed E-state index contributed by atoms with van der Waals surface area (Å²) in [6.07, 6.45) is 0.808. The van der Waals surface area contributed by atoms with Crippen molar-refractivity contribution in [2.45, 2.75) is 18.1 Å².